The van der Waals surface area contributed by atoms with Gasteiger partial charge in [0.15, 0.2) is 0 Å². The van der Waals surface area contributed by atoms with Gasteiger partial charge in [-0.2, -0.15) is 0 Å². The quantitative estimate of drug-likeness (QED) is 0.595. The first-order valence-electron chi connectivity index (χ1n) is 5.48. The molecule has 1 aromatic carbocycles. The summed E-state index contributed by atoms with van der Waals surface area (Å²) in [6, 6.07) is 3.13. The molecule has 3 N–H and O–H groups in total. The van der Waals surface area contributed by atoms with Gasteiger partial charge in [0.25, 0.3) is 0 Å². The van der Waals surface area contributed by atoms with Crippen LogP contribution in [-0.4, -0.2) is 13.7 Å². The molecule has 0 fully saturated rings. The van der Waals surface area contributed by atoms with Gasteiger partial charge >= 0.3 is 0 Å². The smallest absolute Gasteiger partial charge is 0.126 e. The van der Waals surface area contributed by atoms with Gasteiger partial charge in [0, 0.05) is 25.8 Å². The number of hydrogen-bond donors (Lipinski definition) is 2. The number of rotatable bonds is 6. The predicted molar refractivity (Wildman–Crippen MR) is 62.1 cm³/mol. The largest absolute Gasteiger partial charge is 0.384 e. The van der Waals surface area contributed by atoms with Crippen LogP contribution in [0.15, 0.2) is 18.2 Å². The van der Waals surface area contributed by atoms with E-state index in [4.69, 9.17) is 10.6 Å². The van der Waals surface area contributed by atoms with E-state index in [1.807, 2.05) is 6.92 Å². The van der Waals surface area contributed by atoms with Crippen molar-refractivity contribution in [3.8, 4) is 0 Å². The van der Waals surface area contributed by atoms with Crippen LogP contribution >= 0.6 is 0 Å². The summed E-state index contributed by atoms with van der Waals surface area (Å²) in [7, 11) is 1.61. The molecule has 96 valence electrons. The molecule has 0 saturated carbocycles. The molecule has 0 aromatic heterocycles. The molecule has 5 heteroatoms. The highest BCUT2D eigenvalue weighted by Gasteiger charge is 2.15. The molecule has 0 aliphatic carbocycles. The molecule has 1 rings (SSSR count). The average molecular weight is 244 g/mol. The second-order valence-electron chi connectivity index (χ2n) is 4.22. The van der Waals surface area contributed by atoms with Crippen LogP contribution in [0.1, 0.15) is 24.9 Å². The Morgan fingerprint density at radius 1 is 1.29 bits per heavy atom. The lowest BCUT2D eigenvalue weighted by Gasteiger charge is -2.20. The van der Waals surface area contributed by atoms with E-state index < -0.39 is 11.6 Å². The fourth-order valence-electron chi connectivity index (χ4n) is 1.83. The topological polar surface area (TPSA) is 47.3 Å². The normalized spacial score (nSPS) is 14.6. The third-order valence-electron chi connectivity index (χ3n) is 2.58. The van der Waals surface area contributed by atoms with Crippen LogP contribution in [0.2, 0.25) is 0 Å². The molecule has 0 aliphatic heterocycles. The summed E-state index contributed by atoms with van der Waals surface area (Å²) < 4.78 is 31.2. The van der Waals surface area contributed by atoms with Crippen LogP contribution in [0.4, 0.5) is 8.78 Å². The highest BCUT2D eigenvalue weighted by atomic mass is 19.1. The van der Waals surface area contributed by atoms with E-state index in [1.165, 1.54) is 12.1 Å². The molecule has 0 amide bonds. The molecule has 1 aromatic rings. The maximum atomic E-state index is 13.1. The summed E-state index contributed by atoms with van der Waals surface area (Å²) in [5, 5.41) is 0. The summed E-state index contributed by atoms with van der Waals surface area (Å²) in [5.74, 6) is 4.46. The number of hydrazine groups is 1. The third-order valence-corrected chi connectivity index (χ3v) is 2.58. The Morgan fingerprint density at radius 2 is 1.88 bits per heavy atom. The number of nitrogens with two attached hydrogens (primary N) is 1. The van der Waals surface area contributed by atoms with Crippen molar-refractivity contribution >= 4 is 0 Å². The second-order valence-corrected chi connectivity index (χ2v) is 4.22. The molecule has 0 saturated heterocycles. The zero-order valence-corrected chi connectivity index (χ0v) is 10.0. The van der Waals surface area contributed by atoms with E-state index in [0.717, 1.165) is 6.07 Å². The summed E-state index contributed by atoms with van der Waals surface area (Å²) in [5.41, 5.74) is 3.08. The van der Waals surface area contributed by atoms with E-state index in [1.54, 1.807) is 7.11 Å². The number of nitrogens with one attached hydrogen (secondary N) is 1. The Kier molecular flexibility index (Phi) is 5.47. The van der Waals surface area contributed by atoms with Gasteiger partial charge in [-0.15, -0.1) is 0 Å². The van der Waals surface area contributed by atoms with Crippen molar-refractivity contribution in [1.82, 2.24) is 5.43 Å². The van der Waals surface area contributed by atoms with Gasteiger partial charge in [-0.05, 0) is 30.0 Å². The molecular weight excluding hydrogens is 226 g/mol. The fourth-order valence-corrected chi connectivity index (χ4v) is 1.83. The summed E-state index contributed by atoms with van der Waals surface area (Å²) in [6.45, 7) is 2.57. The highest BCUT2D eigenvalue weighted by molar-refractivity contribution is 5.21. The number of benzene rings is 1. The van der Waals surface area contributed by atoms with Crippen LogP contribution in [0.5, 0.6) is 0 Å². The van der Waals surface area contributed by atoms with Crippen LogP contribution in [0.3, 0.4) is 0 Å². The van der Waals surface area contributed by atoms with Gasteiger partial charge in [-0.1, -0.05) is 6.92 Å². The monoisotopic (exact) mass is 244 g/mol. The molecule has 0 aliphatic rings. The minimum Gasteiger partial charge on any atom is -0.384 e. The zero-order chi connectivity index (χ0) is 12.8. The first-order valence-corrected chi connectivity index (χ1v) is 5.48. The summed E-state index contributed by atoms with van der Waals surface area (Å²) in [4.78, 5) is 0. The van der Waals surface area contributed by atoms with Crippen molar-refractivity contribution in [3.05, 3.63) is 35.4 Å². The Labute approximate surface area is 99.9 Å². The molecule has 0 spiro atoms. The number of ether oxygens (including phenoxy) is 1. The molecule has 3 nitrogen and oxygen atoms in total. The molecule has 2 atom stereocenters. The predicted octanol–water partition coefficient (Wildman–Crippen LogP) is 2.14. The maximum absolute atomic E-state index is 13.1. The van der Waals surface area contributed by atoms with Crippen LogP contribution in [0.25, 0.3) is 0 Å². The Hall–Kier alpha value is -1.04. The minimum atomic E-state index is -0.598. The first kappa shape index (κ1) is 14.0. The van der Waals surface area contributed by atoms with E-state index in [9.17, 15) is 8.78 Å². The third kappa shape index (κ3) is 4.38. The molecule has 0 heterocycles. The van der Waals surface area contributed by atoms with Crippen molar-refractivity contribution < 1.29 is 13.5 Å². The Morgan fingerprint density at radius 3 is 2.35 bits per heavy atom. The van der Waals surface area contributed by atoms with Crippen molar-refractivity contribution in [3.63, 3.8) is 0 Å². The van der Waals surface area contributed by atoms with Gasteiger partial charge in [-0.25, -0.2) is 8.78 Å². The van der Waals surface area contributed by atoms with Crippen LogP contribution in [-0.2, 0) is 4.74 Å². The van der Waals surface area contributed by atoms with Crippen molar-refractivity contribution in [1.29, 1.82) is 0 Å². The lowest BCUT2D eigenvalue weighted by atomic mass is 9.96. The van der Waals surface area contributed by atoms with E-state index in [-0.39, 0.29) is 12.0 Å². The van der Waals surface area contributed by atoms with Crippen molar-refractivity contribution in [2.75, 3.05) is 13.7 Å². The van der Waals surface area contributed by atoms with Gasteiger partial charge in [-0.3, -0.25) is 11.3 Å². The lowest BCUT2D eigenvalue weighted by Crippen LogP contribution is -2.30. The van der Waals surface area contributed by atoms with Gasteiger partial charge in [0.05, 0.1) is 0 Å². The van der Waals surface area contributed by atoms with E-state index >= 15 is 0 Å². The number of hydrogen-bond acceptors (Lipinski definition) is 3. The molecule has 0 radical (unpaired) electrons. The zero-order valence-electron chi connectivity index (χ0n) is 10.0. The number of halogens is 2. The Balaban J connectivity index is 2.78. The van der Waals surface area contributed by atoms with E-state index in [0.29, 0.717) is 18.6 Å². The number of methoxy groups -OCH3 is 1. The van der Waals surface area contributed by atoms with Crippen molar-refractivity contribution in [2.45, 2.75) is 19.4 Å². The van der Waals surface area contributed by atoms with Crippen LogP contribution < -0.4 is 11.3 Å². The first-order chi connectivity index (χ1) is 8.06. The average Bonchev–Trinajstić information content (AvgIpc) is 2.24. The highest BCUT2D eigenvalue weighted by Crippen LogP contribution is 2.22. The Bertz CT molecular complexity index is 340. The molecule has 0 bridgehead atoms. The van der Waals surface area contributed by atoms with E-state index in [2.05, 4.69) is 5.43 Å². The summed E-state index contributed by atoms with van der Waals surface area (Å²) in [6.07, 6.45) is 0.646. The van der Waals surface area contributed by atoms with Gasteiger partial charge in [0.2, 0.25) is 0 Å². The second kappa shape index (κ2) is 6.64. The SMILES string of the molecule is COCC(C)CC(NN)c1cc(F)cc(F)c1. The van der Waals surface area contributed by atoms with Crippen LogP contribution in [0, 0.1) is 17.6 Å². The lowest BCUT2D eigenvalue weighted by molar-refractivity contribution is 0.149. The fraction of sp³-hybridized carbons (Fsp3) is 0.500. The van der Waals surface area contributed by atoms with Gasteiger partial charge in [0.1, 0.15) is 11.6 Å². The minimum absolute atomic E-state index is 0.243. The van der Waals surface area contributed by atoms with Crippen molar-refractivity contribution in [2.24, 2.45) is 11.8 Å². The standard InChI is InChI=1S/C12H18F2N2O/c1-8(7-17-2)3-12(16-15)9-4-10(13)6-11(14)5-9/h4-6,8,12,16H,3,7,15H2,1-2H3. The summed E-state index contributed by atoms with van der Waals surface area (Å²) >= 11 is 0. The molecular formula is C12H18F2N2O. The molecule has 2 unspecified atom stereocenters. The molecule has 17 heavy (non-hydrogen) atoms. The maximum Gasteiger partial charge on any atom is 0.126 e. The van der Waals surface area contributed by atoms with Gasteiger partial charge < -0.3 is 4.74 Å².